The number of rotatable bonds is 10. The predicted octanol–water partition coefficient (Wildman–Crippen LogP) is 3.84. The molecule has 0 spiro atoms. The van der Waals surface area contributed by atoms with Gasteiger partial charge < -0.3 is 10.2 Å². The molecule has 4 rings (SSSR count). The Morgan fingerprint density at radius 1 is 1.21 bits per heavy atom. The summed E-state index contributed by atoms with van der Waals surface area (Å²) in [5.74, 6) is 1.72. The second-order valence-electron chi connectivity index (χ2n) is 9.95. The van der Waals surface area contributed by atoms with Gasteiger partial charge in [-0.05, 0) is 64.0 Å². The third-order valence-corrected chi connectivity index (χ3v) is 7.51. The molecule has 0 radical (unpaired) electrons. The average Bonchev–Trinajstić information content (AvgIpc) is 3.18. The van der Waals surface area contributed by atoms with Gasteiger partial charge in [-0.3, -0.25) is 14.4 Å². The fraction of sp³-hybridized carbons (Fsp3) is 0.630. The van der Waals surface area contributed by atoms with Crippen LogP contribution in [0.15, 0.2) is 36.5 Å². The summed E-state index contributed by atoms with van der Waals surface area (Å²) in [7, 11) is 0. The summed E-state index contributed by atoms with van der Waals surface area (Å²) in [6.45, 7) is 13.0. The van der Waals surface area contributed by atoms with Crippen molar-refractivity contribution >= 4 is 5.91 Å². The number of aromatic nitrogens is 2. The second kappa shape index (κ2) is 11.3. The molecular weight excluding hydrogens is 410 g/mol. The zero-order valence-electron chi connectivity index (χ0n) is 20.7. The van der Waals surface area contributed by atoms with Crippen molar-refractivity contribution in [2.75, 3.05) is 26.2 Å². The van der Waals surface area contributed by atoms with Crippen LogP contribution in [0.25, 0.3) is 0 Å². The first-order valence-electron chi connectivity index (χ1n) is 12.9. The smallest absolute Gasteiger partial charge is 0.222 e. The maximum atomic E-state index is 12.9. The molecule has 6 heteroatoms. The van der Waals surface area contributed by atoms with E-state index in [1.807, 2.05) is 16.5 Å². The number of carbonyl (C=O) groups excluding carboxylic acids is 1. The Bertz CT molecular complexity index is 895. The molecule has 1 aromatic heterocycles. The third-order valence-electron chi connectivity index (χ3n) is 7.51. The zero-order chi connectivity index (χ0) is 23.2. The first-order valence-corrected chi connectivity index (χ1v) is 12.9. The van der Waals surface area contributed by atoms with Gasteiger partial charge in [0.2, 0.25) is 5.91 Å². The number of benzene rings is 1. The molecule has 1 N–H and O–H groups in total. The molecule has 33 heavy (non-hydrogen) atoms. The van der Waals surface area contributed by atoms with Gasteiger partial charge in [-0.15, -0.1) is 0 Å². The minimum absolute atomic E-state index is 0.268. The zero-order valence-corrected chi connectivity index (χ0v) is 20.7. The maximum absolute atomic E-state index is 12.9. The Kier molecular flexibility index (Phi) is 8.20. The second-order valence-corrected chi connectivity index (χ2v) is 9.95. The predicted molar refractivity (Wildman–Crippen MR) is 133 cm³/mol. The number of likely N-dealkylation sites (tertiary alicyclic amines) is 1. The molecule has 2 aromatic rings. The summed E-state index contributed by atoms with van der Waals surface area (Å²) < 4.78 is 1.95. The van der Waals surface area contributed by atoms with Crippen molar-refractivity contribution in [2.45, 2.75) is 72.1 Å². The normalized spacial score (nSPS) is 22.9. The number of nitrogens with zero attached hydrogens (tertiary/aromatic N) is 4. The van der Waals surface area contributed by atoms with Crippen LogP contribution in [0, 0.1) is 18.8 Å². The standard InChI is InChI=1S/C27H41N5O/c1-4-31(19-25-20-32(5-2)29-21(25)3)27(33)13-9-12-26-24-14-23(15-28-26)17-30(18-24)16-22-10-7-6-8-11-22/h6-8,10-11,20,23-24,26,28H,4-5,9,12-19H2,1-3H3/t23-,24+,26+/m0/s1. The number of hydrogen-bond acceptors (Lipinski definition) is 4. The molecule has 2 fully saturated rings. The lowest BCUT2D eigenvalue weighted by atomic mass is 9.79. The van der Waals surface area contributed by atoms with Crippen LogP contribution in [0.3, 0.4) is 0 Å². The van der Waals surface area contributed by atoms with Crippen molar-refractivity contribution in [3.63, 3.8) is 0 Å². The molecular formula is C27H41N5O. The molecule has 0 saturated carbocycles. The van der Waals surface area contributed by atoms with Crippen molar-refractivity contribution < 1.29 is 4.79 Å². The summed E-state index contributed by atoms with van der Waals surface area (Å²) in [4.78, 5) is 17.6. The van der Waals surface area contributed by atoms with E-state index >= 15 is 0 Å². The number of fused-ring (bicyclic) bond motifs is 2. The number of amides is 1. The fourth-order valence-corrected chi connectivity index (χ4v) is 5.67. The summed E-state index contributed by atoms with van der Waals surface area (Å²) >= 11 is 0. The SMILES string of the molecule is CCN(Cc1cn(CC)nc1C)C(=O)CCC[C@H]1NC[C@@H]2C[C@@H]1CN(Cc1ccccc1)C2. The number of carbonyl (C=O) groups is 1. The van der Waals surface area contributed by atoms with E-state index < -0.39 is 0 Å². The highest BCUT2D eigenvalue weighted by Crippen LogP contribution is 2.31. The number of hydrogen-bond donors (Lipinski definition) is 1. The number of aryl methyl sites for hydroxylation is 2. The van der Waals surface area contributed by atoms with E-state index in [-0.39, 0.29) is 5.91 Å². The Morgan fingerprint density at radius 3 is 2.76 bits per heavy atom. The molecule has 0 aliphatic carbocycles. The summed E-state index contributed by atoms with van der Waals surface area (Å²) in [5.41, 5.74) is 3.60. The molecule has 2 aliphatic rings. The molecule has 3 heterocycles. The lowest BCUT2D eigenvalue weighted by molar-refractivity contribution is -0.131. The van der Waals surface area contributed by atoms with E-state index in [0.717, 1.165) is 56.2 Å². The highest BCUT2D eigenvalue weighted by Gasteiger charge is 2.36. The topological polar surface area (TPSA) is 53.4 Å². The first kappa shape index (κ1) is 24.0. The summed E-state index contributed by atoms with van der Waals surface area (Å²) in [6, 6.07) is 11.4. The van der Waals surface area contributed by atoms with Gasteiger partial charge in [-0.25, -0.2) is 0 Å². The van der Waals surface area contributed by atoms with Gasteiger partial charge in [0.15, 0.2) is 0 Å². The fourth-order valence-electron chi connectivity index (χ4n) is 5.67. The highest BCUT2D eigenvalue weighted by molar-refractivity contribution is 5.76. The van der Waals surface area contributed by atoms with Crippen LogP contribution in [-0.4, -0.2) is 57.7 Å². The van der Waals surface area contributed by atoms with Gasteiger partial charge >= 0.3 is 0 Å². The number of nitrogens with one attached hydrogen (secondary N) is 1. The molecule has 2 aliphatic heterocycles. The minimum Gasteiger partial charge on any atom is -0.339 e. The monoisotopic (exact) mass is 451 g/mol. The van der Waals surface area contributed by atoms with Gasteiger partial charge in [-0.1, -0.05) is 30.3 Å². The Hall–Kier alpha value is -2.18. The van der Waals surface area contributed by atoms with Crippen LogP contribution >= 0.6 is 0 Å². The van der Waals surface area contributed by atoms with E-state index in [4.69, 9.17) is 0 Å². The van der Waals surface area contributed by atoms with Gasteiger partial charge in [-0.2, -0.15) is 5.10 Å². The Labute approximate surface area is 199 Å². The summed E-state index contributed by atoms with van der Waals surface area (Å²) in [5, 5.41) is 8.34. The van der Waals surface area contributed by atoms with Gasteiger partial charge in [0.25, 0.3) is 0 Å². The van der Waals surface area contributed by atoms with Crippen molar-refractivity contribution in [3.8, 4) is 0 Å². The molecule has 2 saturated heterocycles. The molecule has 1 amide bonds. The molecule has 3 atom stereocenters. The lowest BCUT2D eigenvalue weighted by Crippen LogP contribution is -2.55. The molecule has 0 unspecified atom stereocenters. The van der Waals surface area contributed by atoms with E-state index in [9.17, 15) is 4.79 Å². The van der Waals surface area contributed by atoms with Crippen LogP contribution in [0.4, 0.5) is 0 Å². The highest BCUT2D eigenvalue weighted by atomic mass is 16.2. The van der Waals surface area contributed by atoms with Crippen LogP contribution in [0.5, 0.6) is 0 Å². The largest absolute Gasteiger partial charge is 0.339 e. The lowest BCUT2D eigenvalue weighted by Gasteiger charge is -2.46. The summed E-state index contributed by atoms with van der Waals surface area (Å²) in [6.07, 6.45) is 6.10. The minimum atomic E-state index is 0.268. The van der Waals surface area contributed by atoms with Crippen LogP contribution in [-0.2, 0) is 24.4 Å². The van der Waals surface area contributed by atoms with Gasteiger partial charge in [0, 0.05) is 63.5 Å². The van der Waals surface area contributed by atoms with Crippen LogP contribution < -0.4 is 5.32 Å². The first-order chi connectivity index (χ1) is 16.1. The van der Waals surface area contributed by atoms with Crippen molar-refractivity contribution in [1.82, 2.24) is 24.9 Å². The third kappa shape index (κ3) is 6.24. The quantitative estimate of drug-likeness (QED) is 0.596. The van der Waals surface area contributed by atoms with Crippen LogP contribution in [0.1, 0.15) is 56.4 Å². The number of piperidine rings is 2. The maximum Gasteiger partial charge on any atom is 0.222 e. The van der Waals surface area contributed by atoms with Gasteiger partial charge in [0.1, 0.15) is 0 Å². The van der Waals surface area contributed by atoms with E-state index in [1.165, 1.54) is 25.1 Å². The molecule has 180 valence electrons. The van der Waals surface area contributed by atoms with Gasteiger partial charge in [0.05, 0.1) is 5.69 Å². The Morgan fingerprint density at radius 2 is 2.03 bits per heavy atom. The van der Waals surface area contributed by atoms with Crippen molar-refractivity contribution in [2.24, 2.45) is 11.8 Å². The van der Waals surface area contributed by atoms with E-state index in [2.05, 4.69) is 65.7 Å². The van der Waals surface area contributed by atoms with Crippen LogP contribution in [0.2, 0.25) is 0 Å². The van der Waals surface area contributed by atoms with E-state index in [0.29, 0.717) is 24.9 Å². The average molecular weight is 452 g/mol. The van der Waals surface area contributed by atoms with E-state index in [1.54, 1.807) is 0 Å². The Balaban J connectivity index is 1.25. The molecule has 1 aromatic carbocycles. The van der Waals surface area contributed by atoms with Crippen molar-refractivity contribution in [1.29, 1.82) is 0 Å². The molecule has 6 nitrogen and oxygen atoms in total. The molecule has 2 bridgehead atoms. The van der Waals surface area contributed by atoms with Crippen molar-refractivity contribution in [3.05, 3.63) is 53.3 Å².